The molecule has 5 heteroatoms. The summed E-state index contributed by atoms with van der Waals surface area (Å²) in [6.07, 6.45) is 3.97. The van der Waals surface area contributed by atoms with Gasteiger partial charge in [0.1, 0.15) is 5.82 Å². The van der Waals surface area contributed by atoms with E-state index in [0.29, 0.717) is 0 Å². The summed E-state index contributed by atoms with van der Waals surface area (Å²) in [5.74, 6) is -0.300. The molecule has 2 rings (SSSR count). The minimum absolute atomic E-state index is 0.00412. The van der Waals surface area contributed by atoms with Crippen LogP contribution >= 0.6 is 27.3 Å². The Morgan fingerprint density at radius 1 is 1.44 bits per heavy atom. The summed E-state index contributed by atoms with van der Waals surface area (Å²) in [5, 5.41) is 3.43. The monoisotopic (exact) mass is 328 g/mol. The molecule has 2 aromatic heterocycles. The fourth-order valence-electron chi connectivity index (χ4n) is 1.74. The highest BCUT2D eigenvalue weighted by atomic mass is 79.9. The third-order valence-corrected chi connectivity index (χ3v) is 4.22. The SMILES string of the molecule is CCCNC(c1cncc(F)c1)c1ccc(Br)s1. The van der Waals surface area contributed by atoms with Crippen molar-refractivity contribution in [2.24, 2.45) is 0 Å². The number of nitrogens with zero attached hydrogens (tertiary/aromatic N) is 1. The van der Waals surface area contributed by atoms with Gasteiger partial charge in [-0.25, -0.2) is 4.39 Å². The van der Waals surface area contributed by atoms with Gasteiger partial charge < -0.3 is 5.32 Å². The normalized spacial score (nSPS) is 12.6. The van der Waals surface area contributed by atoms with Gasteiger partial charge in [-0.1, -0.05) is 6.92 Å². The van der Waals surface area contributed by atoms with Crippen molar-refractivity contribution in [3.05, 3.63) is 50.6 Å². The Morgan fingerprint density at radius 2 is 2.28 bits per heavy atom. The molecule has 0 saturated carbocycles. The lowest BCUT2D eigenvalue weighted by atomic mass is 10.1. The second kappa shape index (κ2) is 6.41. The molecular formula is C13H14BrFN2S. The lowest BCUT2D eigenvalue weighted by molar-refractivity contribution is 0.585. The highest BCUT2D eigenvalue weighted by Gasteiger charge is 2.16. The summed E-state index contributed by atoms with van der Waals surface area (Å²) < 4.78 is 14.3. The maximum Gasteiger partial charge on any atom is 0.141 e. The molecule has 0 radical (unpaired) electrons. The van der Waals surface area contributed by atoms with Crippen molar-refractivity contribution in [3.63, 3.8) is 0 Å². The predicted octanol–water partition coefficient (Wildman–Crippen LogP) is 4.13. The first-order chi connectivity index (χ1) is 8.70. The van der Waals surface area contributed by atoms with Crippen molar-refractivity contribution < 1.29 is 4.39 Å². The smallest absolute Gasteiger partial charge is 0.141 e. The largest absolute Gasteiger partial charge is 0.306 e. The van der Waals surface area contributed by atoms with Crippen LogP contribution in [-0.2, 0) is 0 Å². The third kappa shape index (κ3) is 3.37. The first kappa shape index (κ1) is 13.6. The van der Waals surface area contributed by atoms with Crippen LogP contribution in [0.25, 0.3) is 0 Å². The van der Waals surface area contributed by atoms with E-state index in [1.807, 2.05) is 12.1 Å². The molecule has 0 saturated heterocycles. The quantitative estimate of drug-likeness (QED) is 0.892. The van der Waals surface area contributed by atoms with Crippen molar-refractivity contribution >= 4 is 27.3 Å². The Hall–Kier alpha value is -0.780. The standard InChI is InChI=1S/C13H14BrFN2S/c1-2-5-17-13(11-3-4-12(14)18-11)9-6-10(15)8-16-7-9/h3-4,6-8,13,17H,2,5H2,1H3. The van der Waals surface area contributed by atoms with E-state index in [1.165, 1.54) is 12.3 Å². The van der Waals surface area contributed by atoms with Crippen LogP contribution in [0.1, 0.15) is 29.8 Å². The maximum absolute atomic E-state index is 13.3. The predicted molar refractivity (Wildman–Crippen MR) is 76.4 cm³/mol. The zero-order valence-electron chi connectivity index (χ0n) is 9.99. The van der Waals surface area contributed by atoms with Gasteiger partial charge in [-0.05, 0) is 52.7 Å². The number of thiophene rings is 1. The zero-order chi connectivity index (χ0) is 13.0. The summed E-state index contributed by atoms with van der Waals surface area (Å²) in [7, 11) is 0. The van der Waals surface area contributed by atoms with Crippen LogP contribution in [0.2, 0.25) is 0 Å². The minimum atomic E-state index is -0.300. The van der Waals surface area contributed by atoms with Gasteiger partial charge in [0.25, 0.3) is 0 Å². The fourth-order valence-corrected chi connectivity index (χ4v) is 3.27. The number of rotatable bonds is 5. The van der Waals surface area contributed by atoms with Crippen LogP contribution in [0, 0.1) is 5.82 Å². The molecule has 0 amide bonds. The molecule has 1 N–H and O–H groups in total. The number of pyridine rings is 1. The first-order valence-corrected chi connectivity index (χ1v) is 7.40. The highest BCUT2D eigenvalue weighted by molar-refractivity contribution is 9.11. The third-order valence-electron chi connectivity index (χ3n) is 2.54. The maximum atomic E-state index is 13.3. The Balaban J connectivity index is 2.30. The summed E-state index contributed by atoms with van der Waals surface area (Å²) in [6, 6.07) is 5.60. The number of hydrogen-bond acceptors (Lipinski definition) is 3. The van der Waals surface area contributed by atoms with E-state index in [2.05, 4.69) is 33.2 Å². The molecule has 0 aliphatic rings. The van der Waals surface area contributed by atoms with Gasteiger partial charge in [0.05, 0.1) is 16.0 Å². The molecular weight excluding hydrogens is 315 g/mol. The van der Waals surface area contributed by atoms with Gasteiger partial charge in [-0.2, -0.15) is 0 Å². The van der Waals surface area contributed by atoms with Crippen LogP contribution in [0.3, 0.4) is 0 Å². The topological polar surface area (TPSA) is 24.9 Å². The Bertz CT molecular complexity index is 515. The molecule has 0 aliphatic carbocycles. The van der Waals surface area contributed by atoms with E-state index in [4.69, 9.17) is 0 Å². The molecule has 0 spiro atoms. The summed E-state index contributed by atoms with van der Waals surface area (Å²) in [6.45, 7) is 2.99. The second-order valence-corrected chi connectivity index (χ2v) is 6.46. The number of hydrogen-bond donors (Lipinski definition) is 1. The average molecular weight is 329 g/mol. The number of halogens is 2. The molecule has 18 heavy (non-hydrogen) atoms. The van der Waals surface area contributed by atoms with E-state index in [0.717, 1.165) is 27.2 Å². The van der Waals surface area contributed by atoms with Crippen LogP contribution in [0.4, 0.5) is 4.39 Å². The molecule has 2 heterocycles. The summed E-state index contributed by atoms with van der Waals surface area (Å²) in [4.78, 5) is 5.08. The van der Waals surface area contributed by atoms with Gasteiger partial charge in [-0.15, -0.1) is 11.3 Å². The summed E-state index contributed by atoms with van der Waals surface area (Å²) in [5.41, 5.74) is 0.859. The molecule has 0 aromatic carbocycles. The van der Waals surface area contributed by atoms with Gasteiger partial charge >= 0.3 is 0 Å². The zero-order valence-corrected chi connectivity index (χ0v) is 12.4. The van der Waals surface area contributed by atoms with E-state index in [-0.39, 0.29) is 11.9 Å². The minimum Gasteiger partial charge on any atom is -0.306 e. The number of nitrogens with one attached hydrogen (secondary N) is 1. The molecule has 1 unspecified atom stereocenters. The van der Waals surface area contributed by atoms with E-state index in [1.54, 1.807) is 17.5 Å². The van der Waals surface area contributed by atoms with Crippen LogP contribution in [-0.4, -0.2) is 11.5 Å². The Kier molecular flexibility index (Phi) is 4.86. The lowest BCUT2D eigenvalue weighted by Gasteiger charge is -2.17. The molecule has 96 valence electrons. The van der Waals surface area contributed by atoms with Crippen LogP contribution in [0.15, 0.2) is 34.4 Å². The van der Waals surface area contributed by atoms with Crippen molar-refractivity contribution in [1.29, 1.82) is 0 Å². The molecule has 2 aromatic rings. The van der Waals surface area contributed by atoms with Gasteiger partial charge in [0, 0.05) is 11.1 Å². The molecule has 0 aliphatic heterocycles. The highest BCUT2D eigenvalue weighted by Crippen LogP contribution is 2.31. The molecule has 0 bridgehead atoms. The summed E-state index contributed by atoms with van der Waals surface area (Å²) >= 11 is 5.11. The molecule has 1 atom stereocenters. The first-order valence-electron chi connectivity index (χ1n) is 5.79. The van der Waals surface area contributed by atoms with Gasteiger partial charge in [0.2, 0.25) is 0 Å². The van der Waals surface area contributed by atoms with E-state index < -0.39 is 0 Å². The second-order valence-electron chi connectivity index (χ2n) is 3.97. The van der Waals surface area contributed by atoms with Crippen molar-refractivity contribution in [1.82, 2.24) is 10.3 Å². The van der Waals surface area contributed by atoms with Crippen molar-refractivity contribution in [3.8, 4) is 0 Å². The van der Waals surface area contributed by atoms with Crippen LogP contribution < -0.4 is 5.32 Å². The Morgan fingerprint density at radius 3 is 2.89 bits per heavy atom. The van der Waals surface area contributed by atoms with E-state index >= 15 is 0 Å². The average Bonchev–Trinajstić information content (AvgIpc) is 2.76. The van der Waals surface area contributed by atoms with Gasteiger partial charge in [-0.3, -0.25) is 4.98 Å². The lowest BCUT2D eigenvalue weighted by Crippen LogP contribution is -2.22. The fraction of sp³-hybridized carbons (Fsp3) is 0.308. The molecule has 0 fully saturated rings. The van der Waals surface area contributed by atoms with Crippen LogP contribution in [0.5, 0.6) is 0 Å². The van der Waals surface area contributed by atoms with Crippen molar-refractivity contribution in [2.45, 2.75) is 19.4 Å². The Labute approximate surface area is 118 Å². The van der Waals surface area contributed by atoms with Crippen molar-refractivity contribution in [2.75, 3.05) is 6.54 Å². The molecule has 2 nitrogen and oxygen atoms in total. The number of aromatic nitrogens is 1. The van der Waals surface area contributed by atoms with Gasteiger partial charge in [0.15, 0.2) is 0 Å². The van der Waals surface area contributed by atoms with E-state index in [9.17, 15) is 4.39 Å².